The van der Waals surface area contributed by atoms with Crippen LogP contribution in [-0.4, -0.2) is 29.5 Å². The van der Waals surface area contributed by atoms with Crippen molar-refractivity contribution in [1.29, 1.82) is 0 Å². The molecule has 1 aromatic heterocycles. The van der Waals surface area contributed by atoms with Crippen LogP contribution in [0.2, 0.25) is 0 Å². The Morgan fingerprint density at radius 2 is 1.45 bits per heavy atom. The van der Waals surface area contributed by atoms with Gasteiger partial charge in [0, 0.05) is 18.5 Å². The molecule has 1 amide bonds. The van der Waals surface area contributed by atoms with E-state index in [1.54, 1.807) is 18.3 Å². The van der Waals surface area contributed by atoms with Crippen LogP contribution in [0.3, 0.4) is 0 Å². The van der Waals surface area contributed by atoms with Crippen LogP contribution < -0.4 is 5.32 Å². The van der Waals surface area contributed by atoms with E-state index in [0.717, 1.165) is 16.7 Å². The van der Waals surface area contributed by atoms with Gasteiger partial charge in [-0.3, -0.25) is 4.79 Å². The van der Waals surface area contributed by atoms with E-state index >= 15 is 0 Å². The number of alkyl carbamates (subject to hydrolysis) is 1. The maximum atomic E-state index is 13.0. The van der Waals surface area contributed by atoms with Gasteiger partial charge in [-0.25, -0.2) is 4.79 Å². The Morgan fingerprint density at radius 3 is 2.09 bits per heavy atom. The van der Waals surface area contributed by atoms with Gasteiger partial charge < -0.3 is 15.0 Å². The highest BCUT2D eigenvalue weighted by atomic mass is 16.5. The summed E-state index contributed by atoms with van der Waals surface area (Å²) >= 11 is 0. The third-order valence-corrected chi connectivity index (χ3v) is 6.10. The first-order chi connectivity index (χ1) is 16.2. The molecule has 33 heavy (non-hydrogen) atoms. The van der Waals surface area contributed by atoms with Crippen molar-refractivity contribution in [3.63, 3.8) is 0 Å². The second kappa shape index (κ2) is 9.17. The molecule has 1 aliphatic carbocycles. The molecule has 164 valence electrons. The quantitative estimate of drug-likeness (QED) is 0.384. The topological polar surface area (TPSA) is 71.2 Å². The number of H-pyrrole nitrogens is 1. The van der Waals surface area contributed by atoms with Gasteiger partial charge in [-0.05, 0) is 39.9 Å². The molecule has 0 radical (unpaired) electrons. The second-order valence-electron chi connectivity index (χ2n) is 8.16. The van der Waals surface area contributed by atoms with Crippen molar-refractivity contribution in [2.45, 2.75) is 18.4 Å². The van der Waals surface area contributed by atoms with E-state index < -0.39 is 12.1 Å². The SMILES string of the molecule is O=C(N[C@@H](Cc1ccccc1)C(=O)c1ccc[nH]1)OCC1c2ccccc2-c2ccccc21. The summed E-state index contributed by atoms with van der Waals surface area (Å²) in [5.74, 6) is -0.216. The van der Waals surface area contributed by atoms with Gasteiger partial charge in [0.15, 0.2) is 0 Å². The molecule has 5 nitrogen and oxygen atoms in total. The molecule has 5 heteroatoms. The van der Waals surface area contributed by atoms with Crippen molar-refractivity contribution in [2.24, 2.45) is 0 Å². The lowest BCUT2D eigenvalue weighted by Crippen LogP contribution is -2.43. The fourth-order valence-corrected chi connectivity index (χ4v) is 4.51. The zero-order valence-electron chi connectivity index (χ0n) is 18.0. The number of aromatic amines is 1. The minimum Gasteiger partial charge on any atom is -0.449 e. The Kier molecular flexibility index (Phi) is 5.77. The van der Waals surface area contributed by atoms with Crippen LogP contribution in [0.15, 0.2) is 97.2 Å². The first-order valence-corrected chi connectivity index (χ1v) is 11.0. The number of ether oxygens (including phenoxy) is 1. The first kappa shape index (κ1) is 20.8. The number of ketones is 1. The maximum Gasteiger partial charge on any atom is 0.407 e. The number of carbonyl (C=O) groups is 2. The van der Waals surface area contributed by atoms with Crippen LogP contribution in [0.1, 0.15) is 33.1 Å². The lowest BCUT2D eigenvalue weighted by Gasteiger charge is -2.19. The third-order valence-electron chi connectivity index (χ3n) is 6.10. The number of aromatic nitrogens is 1. The van der Waals surface area contributed by atoms with Gasteiger partial charge in [0.2, 0.25) is 5.78 Å². The number of hydrogen-bond donors (Lipinski definition) is 2. The Bertz CT molecular complexity index is 1220. The van der Waals surface area contributed by atoms with Crippen LogP contribution >= 0.6 is 0 Å². The number of rotatable bonds is 7. The fourth-order valence-electron chi connectivity index (χ4n) is 4.51. The van der Waals surface area contributed by atoms with Gasteiger partial charge in [-0.15, -0.1) is 0 Å². The minimum absolute atomic E-state index is 0.0326. The maximum absolute atomic E-state index is 13.0. The normalized spacial score (nSPS) is 13.1. The van der Waals surface area contributed by atoms with Crippen molar-refractivity contribution in [3.8, 4) is 11.1 Å². The lowest BCUT2D eigenvalue weighted by atomic mass is 9.98. The smallest absolute Gasteiger partial charge is 0.407 e. The molecule has 0 saturated carbocycles. The van der Waals surface area contributed by atoms with E-state index in [1.165, 1.54) is 11.1 Å². The van der Waals surface area contributed by atoms with E-state index in [1.807, 2.05) is 54.6 Å². The number of fused-ring (bicyclic) bond motifs is 3. The highest BCUT2D eigenvalue weighted by Gasteiger charge is 2.30. The van der Waals surface area contributed by atoms with Crippen molar-refractivity contribution in [3.05, 3.63) is 120 Å². The van der Waals surface area contributed by atoms with Gasteiger partial charge >= 0.3 is 6.09 Å². The van der Waals surface area contributed by atoms with Crippen molar-refractivity contribution >= 4 is 11.9 Å². The summed E-state index contributed by atoms with van der Waals surface area (Å²) in [7, 11) is 0. The summed E-state index contributed by atoms with van der Waals surface area (Å²) < 4.78 is 5.66. The monoisotopic (exact) mass is 436 g/mol. The van der Waals surface area contributed by atoms with Crippen LogP contribution in [-0.2, 0) is 11.2 Å². The zero-order chi connectivity index (χ0) is 22.6. The molecule has 4 aromatic rings. The predicted molar refractivity (Wildman–Crippen MR) is 127 cm³/mol. The highest BCUT2D eigenvalue weighted by molar-refractivity contribution is 6.00. The number of carbonyl (C=O) groups excluding carboxylic acids is 2. The molecule has 0 saturated heterocycles. The number of hydrogen-bond acceptors (Lipinski definition) is 3. The average molecular weight is 437 g/mol. The highest BCUT2D eigenvalue weighted by Crippen LogP contribution is 2.44. The average Bonchev–Trinajstić information content (AvgIpc) is 3.50. The summed E-state index contributed by atoms with van der Waals surface area (Å²) in [5.41, 5.74) is 6.05. The zero-order valence-corrected chi connectivity index (χ0v) is 18.0. The van der Waals surface area contributed by atoms with Crippen LogP contribution in [0, 0.1) is 0 Å². The predicted octanol–water partition coefficient (Wildman–Crippen LogP) is 5.35. The molecule has 1 heterocycles. The number of Topliss-reactive ketones (excluding diaryl/α,β-unsaturated/α-hetero) is 1. The summed E-state index contributed by atoms with van der Waals surface area (Å²) in [6, 6.07) is 28.8. The minimum atomic E-state index is -0.735. The molecule has 0 spiro atoms. The number of benzene rings is 3. The first-order valence-electron chi connectivity index (χ1n) is 11.0. The van der Waals surface area contributed by atoms with E-state index in [9.17, 15) is 9.59 Å². The van der Waals surface area contributed by atoms with E-state index in [0.29, 0.717) is 12.1 Å². The van der Waals surface area contributed by atoms with Gasteiger partial charge in [0.05, 0.1) is 5.69 Å². The summed E-state index contributed by atoms with van der Waals surface area (Å²) in [5, 5.41) is 2.79. The number of nitrogens with one attached hydrogen (secondary N) is 2. The molecule has 0 aliphatic heterocycles. The Labute approximate surface area is 192 Å². The second-order valence-corrected chi connectivity index (χ2v) is 8.16. The van der Waals surface area contributed by atoms with Crippen LogP contribution in [0.4, 0.5) is 4.79 Å². The van der Waals surface area contributed by atoms with E-state index in [4.69, 9.17) is 4.74 Å². The fraction of sp³-hybridized carbons (Fsp3) is 0.143. The number of amides is 1. The molecular weight excluding hydrogens is 412 g/mol. The molecule has 1 aliphatic rings. The Hall–Kier alpha value is -4.12. The van der Waals surface area contributed by atoms with Crippen molar-refractivity contribution in [2.75, 3.05) is 6.61 Å². The molecule has 0 fully saturated rings. The molecule has 0 bridgehead atoms. The molecule has 3 aromatic carbocycles. The van der Waals surface area contributed by atoms with Crippen molar-refractivity contribution in [1.82, 2.24) is 10.3 Å². The van der Waals surface area contributed by atoms with Crippen LogP contribution in [0.25, 0.3) is 11.1 Å². The van der Waals surface area contributed by atoms with Gasteiger partial charge in [-0.2, -0.15) is 0 Å². The molecule has 0 unspecified atom stereocenters. The molecular formula is C28H24N2O3. The Morgan fingerprint density at radius 1 is 0.818 bits per heavy atom. The van der Waals surface area contributed by atoms with E-state index in [2.05, 4.69) is 34.6 Å². The van der Waals surface area contributed by atoms with Crippen molar-refractivity contribution < 1.29 is 14.3 Å². The van der Waals surface area contributed by atoms with Gasteiger partial charge in [0.25, 0.3) is 0 Å². The van der Waals surface area contributed by atoms with Crippen LogP contribution in [0.5, 0.6) is 0 Å². The summed E-state index contributed by atoms with van der Waals surface area (Å²) in [6.07, 6.45) is 1.47. The van der Waals surface area contributed by atoms with Gasteiger partial charge in [0.1, 0.15) is 12.6 Å². The Balaban J connectivity index is 1.31. The summed E-state index contributed by atoms with van der Waals surface area (Å²) in [6.45, 7) is 0.203. The lowest BCUT2D eigenvalue weighted by molar-refractivity contribution is 0.0915. The standard InChI is InChI=1S/C28H24N2O3/c31-27(25-15-8-16-29-25)26(17-19-9-2-1-3-10-19)30-28(32)33-18-24-22-13-6-4-11-20(22)21-12-5-7-14-23(21)24/h1-16,24,26,29H,17-18H2,(H,30,32)/t26-/m0/s1. The van der Waals surface area contributed by atoms with E-state index in [-0.39, 0.29) is 18.3 Å². The molecule has 5 rings (SSSR count). The molecule has 1 atom stereocenters. The molecule has 2 N–H and O–H groups in total. The van der Waals surface area contributed by atoms with Gasteiger partial charge in [-0.1, -0.05) is 78.9 Å². The third kappa shape index (κ3) is 4.30. The largest absolute Gasteiger partial charge is 0.449 e. The summed E-state index contributed by atoms with van der Waals surface area (Å²) in [4.78, 5) is 28.8.